The lowest BCUT2D eigenvalue weighted by molar-refractivity contribution is -0.115. The maximum Gasteiger partial charge on any atom is 0.262 e. The number of nitrogens with one attached hydrogen (secondary N) is 1. The molecule has 10 nitrogen and oxygen atoms in total. The van der Waals surface area contributed by atoms with E-state index in [4.69, 9.17) is 28.7 Å². The van der Waals surface area contributed by atoms with Gasteiger partial charge in [-0.15, -0.1) is 0 Å². The maximum absolute atomic E-state index is 13.9. The van der Waals surface area contributed by atoms with Gasteiger partial charge in [0.15, 0.2) is 28.2 Å². The number of anilines is 1. The molecule has 11 heteroatoms. The Morgan fingerprint density at radius 2 is 1.50 bits per heavy atom. The Morgan fingerprint density at radius 3 is 2.17 bits per heavy atom. The number of hydrogen-bond donors (Lipinski definition) is 1. The fraction of sp³-hybridized carbons (Fsp3) is 0.323. The van der Waals surface area contributed by atoms with Gasteiger partial charge in [-0.05, 0) is 48.7 Å². The minimum atomic E-state index is -0.535. The van der Waals surface area contributed by atoms with Gasteiger partial charge in [0.25, 0.3) is 5.56 Å². The number of nitrogens with zero attached hydrogens (tertiary/aromatic N) is 2. The molecule has 0 aliphatic heterocycles. The normalized spacial score (nSPS) is 11.6. The molecule has 4 aromatic rings. The van der Waals surface area contributed by atoms with E-state index < -0.39 is 5.25 Å². The zero-order valence-electron chi connectivity index (χ0n) is 24.6. The van der Waals surface area contributed by atoms with Crippen LogP contribution in [0.4, 0.5) is 5.69 Å². The van der Waals surface area contributed by atoms with Crippen molar-refractivity contribution in [3.8, 4) is 28.7 Å². The number of ether oxygens (including phenoxy) is 5. The molecule has 222 valence electrons. The molecule has 1 amide bonds. The average molecular weight is 594 g/mol. The predicted octanol–water partition coefficient (Wildman–Crippen LogP) is 5.19. The van der Waals surface area contributed by atoms with E-state index in [9.17, 15) is 9.59 Å². The Hall–Kier alpha value is -4.38. The molecule has 0 radical (unpaired) electrons. The van der Waals surface area contributed by atoms with Gasteiger partial charge in [-0.25, -0.2) is 4.98 Å². The van der Waals surface area contributed by atoms with Gasteiger partial charge in [0.2, 0.25) is 5.91 Å². The first-order chi connectivity index (χ1) is 20.4. The third-order valence-electron chi connectivity index (χ3n) is 6.77. The number of aryl methyl sites for hydroxylation is 1. The first-order valence-electron chi connectivity index (χ1n) is 13.3. The molecule has 42 heavy (non-hydrogen) atoms. The van der Waals surface area contributed by atoms with Crippen LogP contribution in [0.15, 0.2) is 64.5 Å². The minimum Gasteiger partial charge on any atom is -0.495 e. The second-order valence-corrected chi connectivity index (χ2v) is 10.4. The fourth-order valence-corrected chi connectivity index (χ4v) is 5.54. The summed E-state index contributed by atoms with van der Waals surface area (Å²) < 4.78 is 28.7. The monoisotopic (exact) mass is 593 g/mol. The summed E-state index contributed by atoms with van der Waals surface area (Å²) >= 11 is 1.24. The van der Waals surface area contributed by atoms with E-state index in [1.165, 1.54) is 26.0 Å². The van der Waals surface area contributed by atoms with Gasteiger partial charge in [0.05, 0.1) is 57.4 Å². The van der Waals surface area contributed by atoms with Crippen LogP contribution in [0, 0.1) is 0 Å². The summed E-state index contributed by atoms with van der Waals surface area (Å²) in [6, 6.07) is 16.2. The van der Waals surface area contributed by atoms with E-state index in [1.54, 1.807) is 50.2 Å². The summed E-state index contributed by atoms with van der Waals surface area (Å²) in [5.41, 5.74) is 1.72. The van der Waals surface area contributed by atoms with Gasteiger partial charge in [-0.2, -0.15) is 0 Å². The van der Waals surface area contributed by atoms with Crippen molar-refractivity contribution in [2.75, 3.05) is 40.9 Å². The highest BCUT2D eigenvalue weighted by molar-refractivity contribution is 8.00. The lowest BCUT2D eigenvalue weighted by Crippen LogP contribution is -2.29. The van der Waals surface area contributed by atoms with Gasteiger partial charge >= 0.3 is 0 Å². The van der Waals surface area contributed by atoms with Gasteiger partial charge in [-0.1, -0.05) is 36.9 Å². The maximum atomic E-state index is 13.9. The van der Waals surface area contributed by atoms with Crippen molar-refractivity contribution in [3.63, 3.8) is 0 Å². The number of carbonyl (C=O) groups excluding carboxylic acids is 1. The van der Waals surface area contributed by atoms with Crippen molar-refractivity contribution in [2.24, 2.45) is 0 Å². The van der Waals surface area contributed by atoms with Crippen LogP contribution in [0.5, 0.6) is 28.7 Å². The number of thioether (sulfide) groups is 1. The van der Waals surface area contributed by atoms with Gasteiger partial charge in [-0.3, -0.25) is 14.2 Å². The third-order valence-corrected chi connectivity index (χ3v) is 8.13. The predicted molar refractivity (Wildman–Crippen MR) is 164 cm³/mol. The van der Waals surface area contributed by atoms with Crippen molar-refractivity contribution in [1.29, 1.82) is 0 Å². The average Bonchev–Trinajstić information content (AvgIpc) is 3.02. The molecule has 0 spiro atoms. The molecule has 3 aromatic carbocycles. The topological polar surface area (TPSA) is 110 Å². The molecule has 1 N–H and O–H groups in total. The summed E-state index contributed by atoms with van der Waals surface area (Å²) in [6.07, 6.45) is 1.01. The SMILES string of the molecule is CCC(Sc1nc2cc(OC)c(OC)cc2c(=O)n1CCc1ccc(OC)c(OC)c1)C(=O)Nc1ccccc1OC. The number of hydrogen-bond acceptors (Lipinski definition) is 9. The zero-order valence-corrected chi connectivity index (χ0v) is 25.4. The van der Waals surface area contributed by atoms with E-state index in [2.05, 4.69) is 5.32 Å². The van der Waals surface area contributed by atoms with Crippen molar-refractivity contribution in [3.05, 3.63) is 70.5 Å². The lowest BCUT2D eigenvalue weighted by atomic mass is 10.1. The molecule has 0 bridgehead atoms. The Labute approximate surface area is 248 Å². The Balaban J connectivity index is 1.73. The largest absolute Gasteiger partial charge is 0.495 e. The molecule has 4 rings (SSSR count). The number of benzene rings is 3. The smallest absolute Gasteiger partial charge is 0.262 e. The van der Waals surface area contributed by atoms with E-state index in [-0.39, 0.29) is 11.5 Å². The number of para-hydroxylation sites is 2. The molecule has 1 aromatic heterocycles. The molecule has 0 aliphatic rings. The highest BCUT2D eigenvalue weighted by Gasteiger charge is 2.24. The standard InChI is InChI=1S/C31H35N3O7S/c1-7-28(29(35)32-21-10-8-9-11-23(21)37-2)42-31-33-22-18-27(41-6)26(40-5)17-20(22)30(36)34(31)15-14-19-12-13-24(38-3)25(16-19)39-4/h8-13,16-18,28H,7,14-15H2,1-6H3,(H,32,35). The molecular formula is C31H35N3O7S. The second kappa shape index (κ2) is 14.0. The van der Waals surface area contributed by atoms with E-state index in [0.717, 1.165) is 5.56 Å². The van der Waals surface area contributed by atoms with Gasteiger partial charge in [0.1, 0.15) is 5.75 Å². The molecule has 1 heterocycles. The van der Waals surface area contributed by atoms with Crippen LogP contribution in [-0.2, 0) is 17.8 Å². The van der Waals surface area contributed by atoms with Crippen molar-refractivity contribution in [2.45, 2.75) is 36.7 Å². The van der Waals surface area contributed by atoms with E-state index >= 15 is 0 Å². The molecular weight excluding hydrogens is 558 g/mol. The summed E-state index contributed by atoms with van der Waals surface area (Å²) in [6.45, 7) is 2.24. The Kier molecular flexibility index (Phi) is 10.2. The minimum absolute atomic E-state index is 0.222. The Morgan fingerprint density at radius 1 is 0.857 bits per heavy atom. The quantitative estimate of drug-likeness (QED) is 0.165. The number of methoxy groups -OCH3 is 5. The van der Waals surface area contributed by atoms with Crippen molar-refractivity contribution in [1.82, 2.24) is 9.55 Å². The number of aromatic nitrogens is 2. The fourth-order valence-electron chi connectivity index (χ4n) is 4.50. The highest BCUT2D eigenvalue weighted by atomic mass is 32.2. The molecule has 0 aliphatic carbocycles. The summed E-state index contributed by atoms with van der Waals surface area (Å²) in [5, 5.41) is 3.22. The van der Waals surface area contributed by atoms with E-state index in [1.807, 2.05) is 37.3 Å². The van der Waals surface area contributed by atoms with Gasteiger partial charge < -0.3 is 29.0 Å². The first kappa shape index (κ1) is 30.6. The number of fused-ring (bicyclic) bond motifs is 1. The molecule has 1 unspecified atom stereocenters. The molecule has 0 fully saturated rings. The summed E-state index contributed by atoms with van der Waals surface area (Å²) in [4.78, 5) is 32.2. The lowest BCUT2D eigenvalue weighted by Gasteiger charge is -2.19. The van der Waals surface area contributed by atoms with Crippen LogP contribution in [0.25, 0.3) is 10.9 Å². The third kappa shape index (κ3) is 6.57. The van der Waals surface area contributed by atoms with Crippen LogP contribution >= 0.6 is 11.8 Å². The summed E-state index contributed by atoms with van der Waals surface area (Å²) in [7, 11) is 7.76. The van der Waals surface area contributed by atoms with Crippen LogP contribution in [0.2, 0.25) is 0 Å². The Bertz CT molecular complexity index is 1620. The van der Waals surface area contributed by atoms with Crippen molar-refractivity contribution < 1.29 is 28.5 Å². The molecule has 0 saturated heterocycles. The molecule has 1 atom stereocenters. The van der Waals surface area contributed by atoms with Crippen LogP contribution < -0.4 is 34.6 Å². The number of amides is 1. The molecule has 0 saturated carbocycles. The number of carbonyl (C=O) groups is 1. The second-order valence-electron chi connectivity index (χ2n) is 9.22. The highest BCUT2D eigenvalue weighted by Crippen LogP contribution is 2.33. The first-order valence-corrected chi connectivity index (χ1v) is 14.2. The van der Waals surface area contributed by atoms with Gasteiger partial charge in [0, 0.05) is 12.6 Å². The van der Waals surface area contributed by atoms with Crippen LogP contribution in [0.3, 0.4) is 0 Å². The van der Waals surface area contributed by atoms with E-state index in [0.29, 0.717) is 69.9 Å². The zero-order chi connectivity index (χ0) is 30.2. The van der Waals surface area contributed by atoms with Crippen LogP contribution in [0.1, 0.15) is 18.9 Å². The van der Waals surface area contributed by atoms with Crippen LogP contribution in [-0.4, -0.2) is 56.3 Å². The summed E-state index contributed by atoms with van der Waals surface area (Å²) in [5.74, 6) is 2.44. The van der Waals surface area contributed by atoms with Crippen molar-refractivity contribution >= 4 is 34.3 Å². The number of rotatable bonds is 13.